The van der Waals surface area contributed by atoms with Crippen LogP contribution in [-0.4, -0.2) is 32.9 Å². The van der Waals surface area contributed by atoms with Crippen molar-refractivity contribution in [2.45, 2.75) is 37.4 Å². The van der Waals surface area contributed by atoms with Gasteiger partial charge in [-0.05, 0) is 49.6 Å². The average Bonchev–Trinajstić information content (AvgIpc) is 3.50. The topological polar surface area (TPSA) is 57.0 Å². The third kappa shape index (κ3) is 4.44. The number of benzene rings is 2. The Morgan fingerprint density at radius 2 is 1.86 bits per heavy atom. The third-order valence-electron chi connectivity index (χ3n) is 4.69. The lowest BCUT2D eigenvalue weighted by atomic mass is 10.1. The number of nitrogens with zero attached hydrogens (tertiary/aromatic N) is 3. The second kappa shape index (κ2) is 8.61. The summed E-state index contributed by atoms with van der Waals surface area (Å²) in [7, 11) is 0. The van der Waals surface area contributed by atoms with Crippen LogP contribution in [0.15, 0.2) is 59.8 Å². The summed E-state index contributed by atoms with van der Waals surface area (Å²) < 4.78 is 7.60. The van der Waals surface area contributed by atoms with Crippen molar-refractivity contribution in [1.82, 2.24) is 14.8 Å². The fourth-order valence-corrected chi connectivity index (χ4v) is 3.92. The minimum atomic E-state index is 0.0790. The molecule has 0 amide bonds. The maximum atomic E-state index is 12.6. The normalized spacial score (nSPS) is 13.5. The fourth-order valence-electron chi connectivity index (χ4n) is 3.08. The van der Waals surface area contributed by atoms with Crippen molar-refractivity contribution < 1.29 is 9.53 Å². The van der Waals surface area contributed by atoms with Crippen LogP contribution in [0, 0.1) is 0 Å². The summed E-state index contributed by atoms with van der Waals surface area (Å²) in [6.07, 6.45) is 2.34. The molecule has 1 aromatic heterocycles. The van der Waals surface area contributed by atoms with Crippen molar-refractivity contribution in [3.63, 3.8) is 0 Å². The molecule has 144 valence electrons. The lowest BCUT2D eigenvalue weighted by molar-refractivity contribution is 0.102. The second-order valence-corrected chi connectivity index (χ2v) is 7.80. The molecule has 1 saturated carbocycles. The SMILES string of the molecule is CCOc1ccc(C(=O)CSc2nnc(C3CC3)n2Cc2ccccc2)cc1. The molecule has 5 nitrogen and oxygen atoms in total. The van der Waals surface area contributed by atoms with Gasteiger partial charge in [-0.15, -0.1) is 10.2 Å². The van der Waals surface area contributed by atoms with Crippen molar-refractivity contribution in [1.29, 1.82) is 0 Å². The van der Waals surface area contributed by atoms with Crippen LogP contribution in [0.3, 0.4) is 0 Å². The molecule has 1 aliphatic carbocycles. The molecule has 0 aliphatic heterocycles. The molecule has 2 aromatic carbocycles. The summed E-state index contributed by atoms with van der Waals surface area (Å²) in [5.74, 6) is 2.75. The largest absolute Gasteiger partial charge is 0.494 e. The van der Waals surface area contributed by atoms with E-state index in [1.165, 1.54) is 30.2 Å². The third-order valence-corrected chi connectivity index (χ3v) is 5.66. The smallest absolute Gasteiger partial charge is 0.191 e. The molecular formula is C22H23N3O2S. The highest BCUT2D eigenvalue weighted by molar-refractivity contribution is 7.99. The van der Waals surface area contributed by atoms with Crippen LogP contribution in [0.25, 0.3) is 0 Å². The second-order valence-electron chi connectivity index (χ2n) is 6.86. The van der Waals surface area contributed by atoms with E-state index in [1.807, 2.05) is 49.4 Å². The van der Waals surface area contributed by atoms with Crippen LogP contribution in [0.5, 0.6) is 5.75 Å². The van der Waals surface area contributed by atoms with Gasteiger partial charge in [0.1, 0.15) is 11.6 Å². The van der Waals surface area contributed by atoms with Crippen LogP contribution < -0.4 is 4.74 Å². The number of hydrogen-bond donors (Lipinski definition) is 0. The number of ketones is 1. The number of carbonyl (C=O) groups is 1. The van der Waals surface area contributed by atoms with Crippen molar-refractivity contribution in [2.75, 3.05) is 12.4 Å². The van der Waals surface area contributed by atoms with Gasteiger partial charge >= 0.3 is 0 Å². The summed E-state index contributed by atoms with van der Waals surface area (Å²) in [4.78, 5) is 12.6. The quantitative estimate of drug-likeness (QED) is 0.393. The maximum absolute atomic E-state index is 12.6. The molecule has 0 saturated heterocycles. The van der Waals surface area contributed by atoms with E-state index in [9.17, 15) is 4.79 Å². The molecule has 0 N–H and O–H groups in total. The summed E-state index contributed by atoms with van der Waals surface area (Å²) >= 11 is 1.46. The van der Waals surface area contributed by atoms with Gasteiger partial charge in [0, 0.05) is 11.5 Å². The predicted octanol–water partition coefficient (Wildman–Crippen LogP) is 4.58. The first-order valence-corrected chi connectivity index (χ1v) is 10.6. The summed E-state index contributed by atoms with van der Waals surface area (Å²) in [5, 5.41) is 9.61. The number of aromatic nitrogens is 3. The zero-order valence-corrected chi connectivity index (χ0v) is 16.7. The summed E-state index contributed by atoms with van der Waals surface area (Å²) in [5.41, 5.74) is 1.90. The van der Waals surface area contributed by atoms with Gasteiger partial charge in [-0.2, -0.15) is 0 Å². The predicted molar refractivity (Wildman–Crippen MR) is 110 cm³/mol. The van der Waals surface area contributed by atoms with Gasteiger partial charge < -0.3 is 9.30 Å². The van der Waals surface area contributed by atoms with E-state index in [2.05, 4.69) is 26.9 Å². The van der Waals surface area contributed by atoms with E-state index in [0.717, 1.165) is 23.3 Å². The van der Waals surface area contributed by atoms with Crippen LogP contribution in [-0.2, 0) is 6.54 Å². The summed E-state index contributed by atoms with van der Waals surface area (Å²) in [6.45, 7) is 3.29. The van der Waals surface area contributed by atoms with Crippen LogP contribution in [0.4, 0.5) is 0 Å². The highest BCUT2D eigenvalue weighted by Gasteiger charge is 2.30. The van der Waals surface area contributed by atoms with Crippen molar-refractivity contribution in [3.8, 4) is 5.75 Å². The lowest BCUT2D eigenvalue weighted by Crippen LogP contribution is -2.08. The molecule has 0 atom stereocenters. The van der Waals surface area contributed by atoms with Crippen LogP contribution in [0.1, 0.15) is 47.4 Å². The van der Waals surface area contributed by atoms with Crippen molar-refractivity contribution in [2.24, 2.45) is 0 Å². The molecule has 3 aromatic rings. The van der Waals surface area contributed by atoms with Gasteiger partial charge in [0.25, 0.3) is 0 Å². The van der Waals surface area contributed by atoms with Gasteiger partial charge in [0.2, 0.25) is 0 Å². The molecule has 1 heterocycles. The minimum Gasteiger partial charge on any atom is -0.494 e. The average molecular weight is 394 g/mol. The molecule has 0 bridgehead atoms. The number of hydrogen-bond acceptors (Lipinski definition) is 5. The maximum Gasteiger partial charge on any atom is 0.191 e. The molecule has 6 heteroatoms. The van der Waals surface area contributed by atoms with E-state index in [0.29, 0.717) is 23.8 Å². The highest BCUT2D eigenvalue weighted by Crippen LogP contribution is 2.40. The van der Waals surface area contributed by atoms with E-state index in [4.69, 9.17) is 4.74 Å². The number of rotatable bonds is 9. The zero-order chi connectivity index (χ0) is 19.3. The fraction of sp³-hybridized carbons (Fsp3) is 0.318. The molecular weight excluding hydrogens is 370 g/mol. The number of carbonyl (C=O) groups excluding carboxylic acids is 1. The Morgan fingerprint density at radius 1 is 1.11 bits per heavy atom. The van der Waals surface area contributed by atoms with Crippen molar-refractivity contribution >= 4 is 17.5 Å². The number of Topliss-reactive ketones (excluding diaryl/α,β-unsaturated/α-hetero) is 1. The van der Waals surface area contributed by atoms with E-state index >= 15 is 0 Å². The Hall–Kier alpha value is -2.60. The Kier molecular flexibility index (Phi) is 5.76. The molecule has 0 unspecified atom stereocenters. The Labute approximate surface area is 169 Å². The lowest BCUT2D eigenvalue weighted by Gasteiger charge is -2.10. The Balaban J connectivity index is 1.46. The summed E-state index contributed by atoms with van der Waals surface area (Å²) in [6, 6.07) is 17.6. The van der Waals surface area contributed by atoms with Crippen molar-refractivity contribution in [3.05, 3.63) is 71.5 Å². The van der Waals surface area contributed by atoms with Crippen LogP contribution in [0.2, 0.25) is 0 Å². The van der Waals surface area contributed by atoms with E-state index in [-0.39, 0.29) is 5.78 Å². The first kappa shape index (κ1) is 18.7. The zero-order valence-electron chi connectivity index (χ0n) is 15.9. The first-order valence-electron chi connectivity index (χ1n) is 9.60. The highest BCUT2D eigenvalue weighted by atomic mass is 32.2. The molecule has 0 radical (unpaired) electrons. The van der Waals surface area contributed by atoms with Gasteiger partial charge in [-0.25, -0.2) is 0 Å². The van der Waals surface area contributed by atoms with Gasteiger partial charge in [0.05, 0.1) is 18.9 Å². The van der Waals surface area contributed by atoms with E-state index in [1.54, 1.807) is 0 Å². The molecule has 1 fully saturated rings. The minimum absolute atomic E-state index is 0.0790. The monoisotopic (exact) mass is 393 g/mol. The van der Waals surface area contributed by atoms with Gasteiger partial charge in [-0.1, -0.05) is 42.1 Å². The Bertz CT molecular complexity index is 934. The van der Waals surface area contributed by atoms with E-state index < -0.39 is 0 Å². The molecule has 1 aliphatic rings. The molecule has 4 rings (SSSR count). The number of thioether (sulfide) groups is 1. The molecule has 28 heavy (non-hydrogen) atoms. The molecule has 0 spiro atoms. The van der Waals surface area contributed by atoms with Gasteiger partial charge in [0.15, 0.2) is 10.9 Å². The van der Waals surface area contributed by atoms with Crippen LogP contribution >= 0.6 is 11.8 Å². The standard InChI is InChI=1S/C22H23N3O2S/c1-2-27-19-12-10-17(11-13-19)20(26)15-28-22-24-23-21(18-8-9-18)25(22)14-16-6-4-3-5-7-16/h3-7,10-13,18H,2,8-9,14-15H2,1H3. The first-order chi connectivity index (χ1) is 13.7. The number of ether oxygens (including phenoxy) is 1. The Morgan fingerprint density at radius 3 is 2.54 bits per heavy atom. The van der Waals surface area contributed by atoms with Gasteiger partial charge in [-0.3, -0.25) is 4.79 Å².